The molecular formula is C16H11N3O3S. The number of hydrogen-bond donors (Lipinski definition) is 0. The molecule has 0 aliphatic carbocycles. The molecule has 0 aliphatic rings. The predicted molar refractivity (Wildman–Crippen MR) is 86.6 cm³/mol. The summed E-state index contributed by atoms with van der Waals surface area (Å²) in [6.45, 7) is 0. The van der Waals surface area contributed by atoms with Gasteiger partial charge < -0.3 is 9.15 Å². The third kappa shape index (κ3) is 2.31. The number of rotatable bonds is 3. The Morgan fingerprint density at radius 3 is 2.87 bits per heavy atom. The molecule has 7 heteroatoms. The van der Waals surface area contributed by atoms with Crippen LogP contribution in [0.4, 0.5) is 0 Å². The minimum Gasteiger partial charge on any atom is -0.496 e. The lowest BCUT2D eigenvalue weighted by molar-refractivity contribution is 0.416. The first kappa shape index (κ1) is 13.7. The molecule has 0 atom stereocenters. The molecule has 0 saturated carbocycles. The first-order valence-corrected chi connectivity index (χ1v) is 7.66. The van der Waals surface area contributed by atoms with Gasteiger partial charge in [0.1, 0.15) is 16.0 Å². The highest BCUT2D eigenvalue weighted by Gasteiger charge is 2.14. The van der Waals surface area contributed by atoms with Crippen molar-refractivity contribution in [3.8, 4) is 17.1 Å². The number of nitrogens with zero attached hydrogens (tertiary/aromatic N) is 3. The van der Waals surface area contributed by atoms with E-state index in [0.717, 1.165) is 5.56 Å². The van der Waals surface area contributed by atoms with E-state index in [2.05, 4.69) is 10.1 Å². The Labute approximate surface area is 134 Å². The number of methoxy groups -OCH3 is 1. The lowest BCUT2D eigenvalue weighted by Crippen LogP contribution is -2.23. The van der Waals surface area contributed by atoms with Crippen molar-refractivity contribution in [3.63, 3.8) is 0 Å². The Morgan fingerprint density at radius 2 is 2.13 bits per heavy atom. The Morgan fingerprint density at radius 1 is 1.26 bits per heavy atom. The van der Waals surface area contributed by atoms with E-state index in [1.165, 1.54) is 15.9 Å². The molecule has 3 aromatic heterocycles. The predicted octanol–water partition coefficient (Wildman–Crippen LogP) is 1.97. The van der Waals surface area contributed by atoms with Crippen molar-refractivity contribution in [1.29, 1.82) is 0 Å². The molecule has 3 heterocycles. The van der Waals surface area contributed by atoms with Crippen molar-refractivity contribution < 1.29 is 9.15 Å². The van der Waals surface area contributed by atoms with Crippen LogP contribution in [0.1, 0.15) is 5.76 Å². The number of para-hydroxylation sites is 1. The van der Waals surface area contributed by atoms with E-state index in [1.54, 1.807) is 31.6 Å². The number of fused-ring (bicyclic) bond motifs is 1. The van der Waals surface area contributed by atoms with Gasteiger partial charge in [0.15, 0.2) is 5.82 Å². The van der Waals surface area contributed by atoms with Crippen molar-refractivity contribution in [2.75, 3.05) is 7.11 Å². The second kappa shape index (κ2) is 5.36. The fourth-order valence-electron chi connectivity index (χ4n) is 2.28. The van der Waals surface area contributed by atoms with Gasteiger partial charge in [-0.1, -0.05) is 23.5 Å². The second-order valence-corrected chi connectivity index (χ2v) is 5.77. The zero-order chi connectivity index (χ0) is 15.8. The van der Waals surface area contributed by atoms with Crippen molar-refractivity contribution >= 4 is 22.4 Å². The fourth-order valence-corrected chi connectivity index (χ4v) is 3.17. The molecule has 0 aliphatic heterocycles. The lowest BCUT2D eigenvalue weighted by atomic mass is 10.2. The standard InChI is InChI=1S/C16H11N3O3S/c1-21-12-7-3-2-6-11(12)14-17-16-19(18-14)15(20)13(23-16)9-10-5-4-8-22-10/h2-9H,1H3. The number of furan rings is 1. The average Bonchev–Trinajstić information content (AvgIpc) is 3.28. The summed E-state index contributed by atoms with van der Waals surface area (Å²) in [6.07, 6.45) is 3.25. The summed E-state index contributed by atoms with van der Waals surface area (Å²) in [6, 6.07) is 11.0. The smallest absolute Gasteiger partial charge is 0.291 e. The maximum Gasteiger partial charge on any atom is 0.291 e. The minimum atomic E-state index is -0.213. The molecule has 4 aromatic rings. The van der Waals surface area contributed by atoms with Crippen LogP contribution in [-0.2, 0) is 0 Å². The van der Waals surface area contributed by atoms with E-state index >= 15 is 0 Å². The van der Waals surface area contributed by atoms with Gasteiger partial charge in [-0.25, -0.2) is 0 Å². The summed E-state index contributed by atoms with van der Waals surface area (Å²) in [4.78, 5) is 17.4. The molecule has 0 bridgehead atoms. The van der Waals surface area contributed by atoms with Crippen LogP contribution < -0.4 is 14.8 Å². The molecule has 0 N–H and O–H groups in total. The number of thiazole rings is 1. The molecule has 0 amide bonds. The van der Waals surface area contributed by atoms with E-state index < -0.39 is 0 Å². The molecule has 6 nitrogen and oxygen atoms in total. The normalized spacial score (nSPS) is 12.1. The van der Waals surface area contributed by atoms with Crippen molar-refractivity contribution in [1.82, 2.24) is 14.6 Å². The lowest BCUT2D eigenvalue weighted by Gasteiger charge is -2.03. The summed E-state index contributed by atoms with van der Waals surface area (Å²) < 4.78 is 12.4. The molecule has 23 heavy (non-hydrogen) atoms. The maximum atomic E-state index is 12.4. The summed E-state index contributed by atoms with van der Waals surface area (Å²) in [5, 5.41) is 4.31. The SMILES string of the molecule is COc1ccccc1-c1nc2sc(=Cc3ccco3)c(=O)n2n1. The summed E-state index contributed by atoms with van der Waals surface area (Å²) in [5.41, 5.74) is 0.539. The molecule has 0 saturated heterocycles. The fraction of sp³-hybridized carbons (Fsp3) is 0.0625. The second-order valence-electron chi connectivity index (χ2n) is 4.76. The third-order valence-electron chi connectivity index (χ3n) is 3.35. The van der Waals surface area contributed by atoms with Gasteiger partial charge >= 0.3 is 0 Å². The summed E-state index contributed by atoms with van der Waals surface area (Å²) in [5.74, 6) is 1.76. The van der Waals surface area contributed by atoms with Gasteiger partial charge in [-0.2, -0.15) is 9.50 Å². The van der Waals surface area contributed by atoms with E-state index in [9.17, 15) is 4.79 Å². The monoisotopic (exact) mass is 325 g/mol. The Bertz CT molecular complexity index is 1080. The van der Waals surface area contributed by atoms with Crippen molar-refractivity contribution in [2.24, 2.45) is 0 Å². The largest absolute Gasteiger partial charge is 0.496 e. The topological polar surface area (TPSA) is 69.6 Å². The molecule has 114 valence electrons. The molecule has 4 rings (SSSR count). The number of aromatic nitrogens is 3. The van der Waals surface area contributed by atoms with Crippen LogP contribution in [0.3, 0.4) is 0 Å². The van der Waals surface area contributed by atoms with Crippen molar-refractivity contribution in [3.05, 3.63) is 63.3 Å². The number of hydrogen-bond acceptors (Lipinski definition) is 6. The Balaban J connectivity index is 1.86. The van der Waals surface area contributed by atoms with Crippen LogP contribution in [0.15, 0.2) is 51.9 Å². The van der Waals surface area contributed by atoms with Crippen LogP contribution in [0.2, 0.25) is 0 Å². The Kier molecular flexibility index (Phi) is 3.20. The first-order chi connectivity index (χ1) is 11.3. The van der Waals surface area contributed by atoms with E-state index in [-0.39, 0.29) is 5.56 Å². The van der Waals surface area contributed by atoms with Crippen LogP contribution >= 0.6 is 11.3 Å². The minimum absolute atomic E-state index is 0.213. The highest BCUT2D eigenvalue weighted by Crippen LogP contribution is 2.27. The van der Waals surface area contributed by atoms with Gasteiger partial charge in [0.2, 0.25) is 4.96 Å². The molecule has 0 fully saturated rings. The first-order valence-electron chi connectivity index (χ1n) is 6.84. The van der Waals surface area contributed by atoms with Crippen LogP contribution in [0.5, 0.6) is 5.75 Å². The molecule has 0 spiro atoms. The van der Waals surface area contributed by atoms with Crippen LogP contribution in [0, 0.1) is 0 Å². The van der Waals surface area contributed by atoms with E-state index in [1.807, 2.05) is 24.3 Å². The number of ether oxygens (including phenoxy) is 1. The van der Waals surface area contributed by atoms with E-state index in [4.69, 9.17) is 9.15 Å². The quantitative estimate of drug-likeness (QED) is 0.576. The van der Waals surface area contributed by atoms with Crippen molar-refractivity contribution in [2.45, 2.75) is 0 Å². The van der Waals surface area contributed by atoms with Crippen LogP contribution in [-0.4, -0.2) is 21.7 Å². The van der Waals surface area contributed by atoms with Gasteiger partial charge in [-0.05, 0) is 24.3 Å². The third-order valence-corrected chi connectivity index (χ3v) is 4.31. The summed E-state index contributed by atoms with van der Waals surface area (Å²) in [7, 11) is 1.59. The summed E-state index contributed by atoms with van der Waals surface area (Å²) >= 11 is 1.27. The zero-order valence-electron chi connectivity index (χ0n) is 12.1. The Hall–Kier alpha value is -2.93. The van der Waals surface area contributed by atoms with Gasteiger partial charge in [-0.15, -0.1) is 5.10 Å². The molecule has 0 unspecified atom stereocenters. The molecule has 1 aromatic carbocycles. The number of benzene rings is 1. The molecular weight excluding hydrogens is 314 g/mol. The highest BCUT2D eigenvalue weighted by molar-refractivity contribution is 7.15. The average molecular weight is 325 g/mol. The molecule has 0 radical (unpaired) electrons. The highest BCUT2D eigenvalue weighted by atomic mass is 32.1. The van der Waals surface area contributed by atoms with Gasteiger partial charge in [-0.3, -0.25) is 4.79 Å². The van der Waals surface area contributed by atoms with Gasteiger partial charge in [0, 0.05) is 6.08 Å². The maximum absolute atomic E-state index is 12.4. The van der Waals surface area contributed by atoms with Gasteiger partial charge in [0.05, 0.1) is 18.9 Å². The zero-order valence-corrected chi connectivity index (χ0v) is 12.9. The van der Waals surface area contributed by atoms with Crippen LogP contribution in [0.25, 0.3) is 22.4 Å². The van der Waals surface area contributed by atoms with Gasteiger partial charge in [0.25, 0.3) is 5.56 Å². The van der Waals surface area contributed by atoms with E-state index in [0.29, 0.717) is 26.8 Å².